The second-order valence-corrected chi connectivity index (χ2v) is 10.1. The maximum Gasteiger partial charge on any atom is 0.322 e. The number of aryl methyl sites for hydroxylation is 1. The Morgan fingerprint density at radius 3 is 2.36 bits per heavy atom. The lowest BCUT2D eigenvalue weighted by molar-refractivity contribution is -0.132. The smallest absolute Gasteiger partial charge is 0.322 e. The largest absolute Gasteiger partial charge is 0.493 e. The summed E-state index contributed by atoms with van der Waals surface area (Å²) < 4.78 is 16.4. The van der Waals surface area contributed by atoms with Gasteiger partial charge in [-0.05, 0) is 73.5 Å². The molecule has 0 bridgehead atoms. The number of thiophene rings is 1. The molecule has 0 atom stereocenters. The van der Waals surface area contributed by atoms with Crippen LogP contribution in [0.1, 0.15) is 36.3 Å². The second-order valence-electron chi connectivity index (χ2n) is 9.06. The first-order valence-corrected chi connectivity index (χ1v) is 14.1. The summed E-state index contributed by atoms with van der Waals surface area (Å²) in [6.45, 7) is 7.85. The molecule has 0 saturated heterocycles. The Kier molecular flexibility index (Phi) is 11.5. The van der Waals surface area contributed by atoms with Crippen LogP contribution in [0.5, 0.6) is 17.2 Å². The molecular formula is C30H39N3O5S. The van der Waals surface area contributed by atoms with Gasteiger partial charge in [-0.2, -0.15) is 0 Å². The van der Waals surface area contributed by atoms with E-state index in [1.54, 1.807) is 36.5 Å². The summed E-state index contributed by atoms with van der Waals surface area (Å²) in [5.41, 5.74) is 2.76. The number of methoxy groups -OCH3 is 2. The molecule has 0 fully saturated rings. The molecule has 210 valence electrons. The number of rotatable bonds is 14. The normalized spacial score (nSPS) is 10.6. The number of nitrogens with zero attached hydrogens (tertiary/aromatic N) is 2. The quantitative estimate of drug-likeness (QED) is 0.265. The van der Waals surface area contributed by atoms with Gasteiger partial charge in [0.05, 0.1) is 33.1 Å². The van der Waals surface area contributed by atoms with Crippen molar-refractivity contribution in [3.05, 3.63) is 69.9 Å². The third kappa shape index (κ3) is 8.38. The number of amides is 3. The Morgan fingerprint density at radius 2 is 1.69 bits per heavy atom. The number of urea groups is 1. The minimum absolute atomic E-state index is 0.0210. The molecule has 8 nitrogen and oxygen atoms in total. The number of anilines is 1. The minimum Gasteiger partial charge on any atom is -0.493 e. The highest BCUT2D eigenvalue weighted by Gasteiger charge is 2.23. The zero-order chi connectivity index (χ0) is 28.2. The highest BCUT2D eigenvalue weighted by Crippen LogP contribution is 2.28. The topological polar surface area (TPSA) is 80.3 Å². The average Bonchev–Trinajstić information content (AvgIpc) is 3.35. The van der Waals surface area contributed by atoms with Crippen molar-refractivity contribution in [1.29, 1.82) is 0 Å². The Bertz CT molecular complexity index is 1230. The van der Waals surface area contributed by atoms with Crippen LogP contribution in [0.4, 0.5) is 10.5 Å². The standard InChI is InChI=1S/C30H39N3O5S/c1-6-16-33(30(35)31-24-10-8-9-11-25(24)38-7-2)21-29(34)32(20-28-22(3)15-18-39-28)17-14-23-12-13-26(36-4)27(19-23)37-5/h8-13,15,18-19H,6-7,14,16-17,20-21H2,1-5H3,(H,31,35). The third-order valence-corrected chi connectivity index (χ3v) is 7.32. The summed E-state index contributed by atoms with van der Waals surface area (Å²) in [5, 5.41) is 4.96. The van der Waals surface area contributed by atoms with E-state index in [1.807, 2.05) is 60.5 Å². The molecule has 0 unspecified atom stereocenters. The first kappa shape index (κ1) is 29.8. The number of nitrogens with one attached hydrogen (secondary N) is 1. The molecule has 1 aromatic heterocycles. The van der Waals surface area contributed by atoms with Crippen LogP contribution in [0.25, 0.3) is 0 Å². The van der Waals surface area contributed by atoms with Crippen LogP contribution in [0.3, 0.4) is 0 Å². The molecule has 1 N–H and O–H groups in total. The predicted molar refractivity (Wildman–Crippen MR) is 156 cm³/mol. The zero-order valence-corrected chi connectivity index (χ0v) is 24.3. The van der Waals surface area contributed by atoms with E-state index >= 15 is 0 Å². The third-order valence-electron chi connectivity index (χ3n) is 6.31. The van der Waals surface area contributed by atoms with Crippen LogP contribution in [0, 0.1) is 6.92 Å². The van der Waals surface area contributed by atoms with Crippen LogP contribution in [0.15, 0.2) is 53.9 Å². The van der Waals surface area contributed by atoms with E-state index in [9.17, 15) is 9.59 Å². The highest BCUT2D eigenvalue weighted by molar-refractivity contribution is 7.10. The fourth-order valence-corrected chi connectivity index (χ4v) is 5.08. The minimum atomic E-state index is -0.329. The Balaban J connectivity index is 1.76. The fourth-order valence-electron chi connectivity index (χ4n) is 4.16. The zero-order valence-electron chi connectivity index (χ0n) is 23.5. The van der Waals surface area contributed by atoms with E-state index in [4.69, 9.17) is 14.2 Å². The van der Waals surface area contributed by atoms with Crippen molar-refractivity contribution < 1.29 is 23.8 Å². The number of ether oxygens (including phenoxy) is 3. The molecule has 0 aliphatic carbocycles. The first-order valence-electron chi connectivity index (χ1n) is 13.2. The van der Waals surface area contributed by atoms with E-state index in [0.717, 1.165) is 22.4 Å². The van der Waals surface area contributed by atoms with E-state index in [1.165, 1.54) is 0 Å². The highest BCUT2D eigenvalue weighted by atomic mass is 32.1. The molecule has 1 heterocycles. The lowest BCUT2D eigenvalue weighted by Gasteiger charge is -2.28. The van der Waals surface area contributed by atoms with Crippen LogP contribution >= 0.6 is 11.3 Å². The number of benzene rings is 2. The molecule has 3 rings (SSSR count). The fraction of sp³-hybridized carbons (Fsp3) is 0.400. The maximum absolute atomic E-state index is 13.7. The van der Waals surface area contributed by atoms with Gasteiger partial charge in [0, 0.05) is 18.0 Å². The first-order chi connectivity index (χ1) is 18.9. The van der Waals surface area contributed by atoms with Gasteiger partial charge in [0.1, 0.15) is 12.3 Å². The summed E-state index contributed by atoms with van der Waals surface area (Å²) in [6, 6.07) is 14.8. The van der Waals surface area contributed by atoms with Crippen LogP contribution in [-0.4, -0.2) is 62.2 Å². The molecule has 2 aromatic carbocycles. The van der Waals surface area contributed by atoms with E-state index < -0.39 is 0 Å². The van der Waals surface area contributed by atoms with Gasteiger partial charge in [-0.1, -0.05) is 25.1 Å². The number of hydrogen-bond donors (Lipinski definition) is 1. The average molecular weight is 554 g/mol. The molecular weight excluding hydrogens is 514 g/mol. The van der Waals surface area contributed by atoms with Crippen molar-refractivity contribution in [3.63, 3.8) is 0 Å². The van der Waals surface area contributed by atoms with Crippen molar-refractivity contribution in [2.75, 3.05) is 45.8 Å². The van der Waals surface area contributed by atoms with Crippen molar-refractivity contribution in [2.24, 2.45) is 0 Å². The lowest BCUT2D eigenvalue weighted by atomic mass is 10.1. The molecule has 0 radical (unpaired) electrons. The van der Waals surface area contributed by atoms with Gasteiger partial charge in [-0.25, -0.2) is 4.79 Å². The SMILES string of the molecule is CCCN(CC(=O)N(CCc1ccc(OC)c(OC)c1)Cc1sccc1C)C(=O)Nc1ccccc1OCC. The summed E-state index contributed by atoms with van der Waals surface area (Å²) in [6.07, 6.45) is 1.36. The van der Waals surface area contributed by atoms with E-state index in [2.05, 4.69) is 18.3 Å². The van der Waals surface area contributed by atoms with Crippen LogP contribution in [-0.2, 0) is 17.8 Å². The Labute approximate surface area is 235 Å². The molecule has 9 heteroatoms. The maximum atomic E-state index is 13.7. The number of carbonyl (C=O) groups excluding carboxylic acids is 2. The van der Waals surface area contributed by atoms with E-state index in [0.29, 0.717) is 55.6 Å². The summed E-state index contributed by atoms with van der Waals surface area (Å²) in [5.74, 6) is 1.81. The summed E-state index contributed by atoms with van der Waals surface area (Å²) in [4.78, 5) is 31.5. The summed E-state index contributed by atoms with van der Waals surface area (Å²) >= 11 is 1.63. The van der Waals surface area contributed by atoms with Gasteiger partial charge in [0.25, 0.3) is 0 Å². The van der Waals surface area contributed by atoms with Crippen LogP contribution < -0.4 is 19.5 Å². The van der Waals surface area contributed by atoms with Crippen LogP contribution in [0.2, 0.25) is 0 Å². The molecule has 0 spiro atoms. The van der Waals surface area contributed by atoms with Gasteiger partial charge in [0.2, 0.25) is 5.91 Å². The molecule has 39 heavy (non-hydrogen) atoms. The molecule has 3 aromatic rings. The van der Waals surface area contributed by atoms with Gasteiger partial charge < -0.3 is 29.3 Å². The van der Waals surface area contributed by atoms with Crippen molar-refractivity contribution in [1.82, 2.24) is 9.80 Å². The Morgan fingerprint density at radius 1 is 0.923 bits per heavy atom. The lowest BCUT2D eigenvalue weighted by Crippen LogP contribution is -2.45. The predicted octanol–water partition coefficient (Wildman–Crippen LogP) is 5.99. The monoisotopic (exact) mass is 553 g/mol. The van der Waals surface area contributed by atoms with Gasteiger partial charge in [-0.3, -0.25) is 4.79 Å². The van der Waals surface area contributed by atoms with Crippen molar-refractivity contribution >= 4 is 29.0 Å². The molecule has 0 aliphatic heterocycles. The molecule has 0 saturated carbocycles. The molecule has 0 aliphatic rings. The number of carbonyl (C=O) groups is 2. The number of para-hydroxylation sites is 2. The van der Waals surface area contributed by atoms with Gasteiger partial charge >= 0.3 is 6.03 Å². The molecule has 3 amide bonds. The second kappa shape index (κ2) is 15.0. The van der Waals surface area contributed by atoms with Crippen molar-refractivity contribution in [2.45, 2.75) is 40.2 Å². The van der Waals surface area contributed by atoms with E-state index in [-0.39, 0.29) is 18.5 Å². The van der Waals surface area contributed by atoms with Crippen molar-refractivity contribution in [3.8, 4) is 17.2 Å². The summed E-state index contributed by atoms with van der Waals surface area (Å²) in [7, 11) is 3.21. The van der Waals surface area contributed by atoms with Gasteiger partial charge in [-0.15, -0.1) is 11.3 Å². The van der Waals surface area contributed by atoms with Gasteiger partial charge in [0.15, 0.2) is 11.5 Å². The number of hydrogen-bond acceptors (Lipinski definition) is 6. The Hall–Kier alpha value is -3.72.